The number of fused-ring (bicyclic) bond motifs is 1. The van der Waals surface area contributed by atoms with Gasteiger partial charge in [0.2, 0.25) is 0 Å². The van der Waals surface area contributed by atoms with Gasteiger partial charge in [-0.25, -0.2) is 4.98 Å². The number of thiazole rings is 1. The minimum absolute atomic E-state index is 0.284. The highest BCUT2D eigenvalue weighted by Gasteiger charge is 2.21. The molecule has 0 unspecified atom stereocenters. The standard InChI is InChI=1S/C14H18N4S/c15-14(16)10-5-7-18(8-6-10)9-13-17-11-3-1-2-4-12(11)19-13/h1-4,10H,5-9H2,(H3,15,16). The van der Waals surface area contributed by atoms with Crippen molar-refractivity contribution in [1.29, 1.82) is 5.41 Å². The second-order valence-corrected chi connectivity index (χ2v) is 6.20. The quantitative estimate of drug-likeness (QED) is 0.667. The Kier molecular flexibility index (Phi) is 3.48. The van der Waals surface area contributed by atoms with Gasteiger partial charge in [-0.2, -0.15) is 0 Å². The molecule has 0 atom stereocenters. The maximum atomic E-state index is 7.50. The Balaban J connectivity index is 1.64. The fraction of sp³-hybridized carbons (Fsp3) is 0.429. The van der Waals surface area contributed by atoms with Crippen LogP contribution in [0.15, 0.2) is 24.3 Å². The van der Waals surface area contributed by atoms with E-state index in [4.69, 9.17) is 11.1 Å². The van der Waals surface area contributed by atoms with Crippen LogP contribution < -0.4 is 5.73 Å². The summed E-state index contributed by atoms with van der Waals surface area (Å²) < 4.78 is 1.26. The van der Waals surface area contributed by atoms with Gasteiger partial charge >= 0.3 is 0 Å². The van der Waals surface area contributed by atoms with Gasteiger partial charge in [-0.05, 0) is 38.1 Å². The Hall–Kier alpha value is -1.46. The summed E-state index contributed by atoms with van der Waals surface area (Å²) in [4.78, 5) is 7.08. The molecule has 3 rings (SSSR count). The lowest BCUT2D eigenvalue weighted by molar-refractivity contribution is 0.201. The van der Waals surface area contributed by atoms with Crippen LogP contribution in [0.4, 0.5) is 0 Å². The second-order valence-electron chi connectivity index (χ2n) is 5.08. The Bertz CT molecular complexity index is 551. The van der Waals surface area contributed by atoms with Crippen molar-refractivity contribution in [2.45, 2.75) is 19.4 Å². The molecule has 1 aliphatic heterocycles. The van der Waals surface area contributed by atoms with E-state index in [1.807, 2.05) is 6.07 Å². The molecule has 1 aromatic carbocycles. The molecule has 1 fully saturated rings. The van der Waals surface area contributed by atoms with E-state index in [0.29, 0.717) is 5.84 Å². The molecule has 0 spiro atoms. The van der Waals surface area contributed by atoms with Crippen LogP contribution in [0.3, 0.4) is 0 Å². The molecule has 0 bridgehead atoms. The summed E-state index contributed by atoms with van der Waals surface area (Å²) in [5.74, 6) is 0.631. The molecule has 5 heteroatoms. The van der Waals surface area contributed by atoms with Gasteiger partial charge in [-0.1, -0.05) is 12.1 Å². The summed E-state index contributed by atoms with van der Waals surface area (Å²) in [5, 5.41) is 8.68. The van der Waals surface area contributed by atoms with Crippen molar-refractivity contribution in [2.24, 2.45) is 11.7 Å². The fourth-order valence-corrected chi connectivity index (χ4v) is 3.59. The number of benzene rings is 1. The molecule has 0 amide bonds. The third-order valence-corrected chi connectivity index (χ3v) is 4.75. The normalized spacial score (nSPS) is 17.9. The maximum absolute atomic E-state index is 7.50. The molecule has 1 aliphatic rings. The van der Waals surface area contributed by atoms with Gasteiger partial charge in [0.05, 0.1) is 22.6 Å². The molecule has 0 saturated carbocycles. The third-order valence-electron chi connectivity index (χ3n) is 3.72. The summed E-state index contributed by atoms with van der Waals surface area (Å²) in [6, 6.07) is 8.28. The second kappa shape index (κ2) is 5.27. The molecule has 0 radical (unpaired) electrons. The average Bonchev–Trinajstić information content (AvgIpc) is 2.81. The Morgan fingerprint density at radius 3 is 2.79 bits per heavy atom. The van der Waals surface area contributed by atoms with Gasteiger partial charge in [0.25, 0.3) is 0 Å². The van der Waals surface area contributed by atoms with Crippen molar-refractivity contribution in [2.75, 3.05) is 13.1 Å². The van der Waals surface area contributed by atoms with E-state index in [-0.39, 0.29) is 5.92 Å². The minimum atomic E-state index is 0.284. The number of para-hydroxylation sites is 1. The molecule has 1 aromatic heterocycles. The van der Waals surface area contributed by atoms with Crippen LogP contribution in [-0.2, 0) is 6.54 Å². The number of aromatic nitrogens is 1. The lowest BCUT2D eigenvalue weighted by Crippen LogP contribution is -2.37. The number of piperidine rings is 1. The highest BCUT2D eigenvalue weighted by Crippen LogP contribution is 2.24. The van der Waals surface area contributed by atoms with Crippen molar-refractivity contribution >= 4 is 27.4 Å². The van der Waals surface area contributed by atoms with Gasteiger partial charge in [0, 0.05) is 5.92 Å². The third kappa shape index (κ3) is 2.77. The molecule has 1 saturated heterocycles. The van der Waals surface area contributed by atoms with Crippen molar-refractivity contribution in [3.8, 4) is 0 Å². The van der Waals surface area contributed by atoms with E-state index < -0.39 is 0 Å². The van der Waals surface area contributed by atoms with E-state index in [9.17, 15) is 0 Å². The van der Waals surface area contributed by atoms with Crippen LogP contribution in [0, 0.1) is 11.3 Å². The van der Waals surface area contributed by atoms with Crippen molar-refractivity contribution in [3.63, 3.8) is 0 Å². The molecule has 0 aliphatic carbocycles. The van der Waals surface area contributed by atoms with Crippen molar-refractivity contribution in [3.05, 3.63) is 29.3 Å². The average molecular weight is 274 g/mol. The smallest absolute Gasteiger partial charge is 0.108 e. The molecule has 4 nitrogen and oxygen atoms in total. The number of hydrogen-bond acceptors (Lipinski definition) is 4. The number of nitrogens with two attached hydrogens (primary N) is 1. The predicted octanol–water partition coefficient (Wildman–Crippen LogP) is 2.44. The molecule has 2 aromatic rings. The van der Waals surface area contributed by atoms with Crippen LogP contribution in [-0.4, -0.2) is 28.8 Å². The van der Waals surface area contributed by atoms with Gasteiger partial charge < -0.3 is 5.73 Å². The van der Waals surface area contributed by atoms with Crippen molar-refractivity contribution in [1.82, 2.24) is 9.88 Å². The van der Waals surface area contributed by atoms with Crippen molar-refractivity contribution < 1.29 is 0 Å². The van der Waals surface area contributed by atoms with Crippen LogP contribution >= 0.6 is 11.3 Å². The molecule has 19 heavy (non-hydrogen) atoms. The van der Waals surface area contributed by atoms with E-state index in [1.165, 1.54) is 9.71 Å². The van der Waals surface area contributed by atoms with Crippen LogP contribution in [0.2, 0.25) is 0 Å². The summed E-state index contributed by atoms with van der Waals surface area (Å²) in [5.41, 5.74) is 6.67. The number of rotatable bonds is 3. The first kappa shape index (κ1) is 12.6. The first-order valence-electron chi connectivity index (χ1n) is 6.63. The van der Waals surface area contributed by atoms with Gasteiger partial charge in [0.15, 0.2) is 0 Å². The first-order valence-corrected chi connectivity index (χ1v) is 7.45. The van der Waals surface area contributed by atoms with Gasteiger partial charge in [0.1, 0.15) is 5.01 Å². The Morgan fingerprint density at radius 1 is 1.37 bits per heavy atom. The monoisotopic (exact) mass is 274 g/mol. The van der Waals surface area contributed by atoms with E-state index in [2.05, 4.69) is 28.1 Å². The first-order chi connectivity index (χ1) is 9.22. The maximum Gasteiger partial charge on any atom is 0.108 e. The summed E-state index contributed by atoms with van der Waals surface area (Å²) in [6.45, 7) is 2.95. The van der Waals surface area contributed by atoms with E-state index in [1.54, 1.807) is 11.3 Å². The summed E-state index contributed by atoms with van der Waals surface area (Å²) in [7, 11) is 0. The number of likely N-dealkylation sites (tertiary alicyclic amines) is 1. The highest BCUT2D eigenvalue weighted by atomic mass is 32.1. The lowest BCUT2D eigenvalue weighted by Gasteiger charge is -2.30. The van der Waals surface area contributed by atoms with Gasteiger partial charge in [-0.15, -0.1) is 11.3 Å². The lowest BCUT2D eigenvalue weighted by atomic mass is 9.96. The molecular formula is C14H18N4S. The van der Waals surface area contributed by atoms with Crippen LogP contribution in [0.25, 0.3) is 10.2 Å². The summed E-state index contributed by atoms with van der Waals surface area (Å²) >= 11 is 1.78. The predicted molar refractivity (Wildman–Crippen MR) is 79.5 cm³/mol. The molecule has 2 heterocycles. The zero-order valence-corrected chi connectivity index (χ0v) is 11.6. The fourth-order valence-electron chi connectivity index (χ4n) is 2.58. The number of hydrogen-bond donors (Lipinski definition) is 2. The topological polar surface area (TPSA) is 66.0 Å². The van der Waals surface area contributed by atoms with E-state index in [0.717, 1.165) is 38.0 Å². The molecular weight excluding hydrogens is 256 g/mol. The highest BCUT2D eigenvalue weighted by molar-refractivity contribution is 7.18. The number of nitrogens with zero attached hydrogens (tertiary/aromatic N) is 2. The van der Waals surface area contributed by atoms with Crippen LogP contribution in [0.1, 0.15) is 17.8 Å². The van der Waals surface area contributed by atoms with Gasteiger partial charge in [-0.3, -0.25) is 10.3 Å². The number of nitrogens with one attached hydrogen (secondary N) is 1. The zero-order valence-electron chi connectivity index (χ0n) is 10.8. The minimum Gasteiger partial charge on any atom is -0.387 e. The molecule has 100 valence electrons. The van der Waals surface area contributed by atoms with Crippen LogP contribution in [0.5, 0.6) is 0 Å². The number of amidine groups is 1. The zero-order chi connectivity index (χ0) is 13.2. The Morgan fingerprint density at radius 2 is 2.11 bits per heavy atom. The summed E-state index contributed by atoms with van der Waals surface area (Å²) in [6.07, 6.45) is 2.00. The largest absolute Gasteiger partial charge is 0.387 e. The SMILES string of the molecule is N=C(N)C1CCN(Cc2nc3ccccc3s2)CC1. The Labute approximate surface area is 116 Å². The van der Waals surface area contributed by atoms with E-state index >= 15 is 0 Å². The molecule has 3 N–H and O–H groups in total.